The van der Waals surface area contributed by atoms with E-state index < -0.39 is 5.97 Å². The number of carboxylic acid groups (broad SMARTS) is 1. The van der Waals surface area contributed by atoms with E-state index >= 15 is 0 Å². The van der Waals surface area contributed by atoms with E-state index in [2.05, 4.69) is 24.3 Å². The lowest BCUT2D eigenvalue weighted by Crippen LogP contribution is -1.98. The van der Waals surface area contributed by atoms with E-state index in [1.807, 2.05) is 24.3 Å². The molecule has 4 aromatic carbocycles. The first kappa shape index (κ1) is 13.3. The van der Waals surface area contributed by atoms with Crippen LogP contribution in [0.5, 0.6) is 0 Å². The second kappa shape index (κ2) is 5.04. The van der Waals surface area contributed by atoms with Crippen molar-refractivity contribution in [3.63, 3.8) is 0 Å². The molecule has 0 saturated carbocycles. The molecule has 0 aliphatic carbocycles. The Morgan fingerprint density at radius 1 is 0.762 bits per heavy atom. The topological polar surface area (TPSA) is 57.5 Å². The number of aromatic carboxylic acids is 1. The fourth-order valence-corrected chi connectivity index (χ4v) is 2.92. The molecule has 0 aromatic heterocycles. The first-order chi connectivity index (χ1) is 10.3. The minimum atomic E-state index is -0.877. The molecule has 3 heteroatoms. The third-order valence-electron chi connectivity index (χ3n) is 3.76. The highest BCUT2D eigenvalue weighted by Crippen LogP contribution is 2.35. The van der Waals surface area contributed by atoms with Gasteiger partial charge in [0.25, 0.3) is 0 Å². The molecule has 0 spiro atoms. The van der Waals surface area contributed by atoms with Crippen LogP contribution in [0.15, 0.2) is 54.6 Å². The summed E-state index contributed by atoms with van der Waals surface area (Å²) in [6.07, 6.45) is 0. The number of carbonyl (C=O) groups is 1. The van der Waals surface area contributed by atoms with E-state index in [0.717, 1.165) is 39.4 Å². The number of aliphatic hydroxyl groups excluding tert-OH is 1. The Balaban J connectivity index is 0.000000636. The number of carboxylic acids is 1. The lowest BCUT2D eigenvalue weighted by atomic mass is 9.92. The highest BCUT2D eigenvalue weighted by molar-refractivity contribution is 6.25. The van der Waals surface area contributed by atoms with Gasteiger partial charge in [-0.05, 0) is 38.4 Å². The van der Waals surface area contributed by atoms with Crippen molar-refractivity contribution < 1.29 is 15.0 Å². The summed E-state index contributed by atoms with van der Waals surface area (Å²) < 4.78 is 0. The highest BCUT2D eigenvalue weighted by atomic mass is 16.4. The van der Waals surface area contributed by atoms with Gasteiger partial charge in [0.1, 0.15) is 0 Å². The zero-order valence-corrected chi connectivity index (χ0v) is 11.5. The van der Waals surface area contributed by atoms with Crippen LogP contribution in [-0.4, -0.2) is 23.3 Å². The molecule has 0 atom stereocenters. The van der Waals surface area contributed by atoms with Crippen LogP contribution < -0.4 is 0 Å². The van der Waals surface area contributed by atoms with E-state index in [1.54, 1.807) is 6.07 Å². The second-order valence-corrected chi connectivity index (χ2v) is 4.77. The molecule has 0 aliphatic rings. The molecule has 4 aromatic rings. The zero-order chi connectivity index (χ0) is 15.0. The number of hydrogen-bond acceptors (Lipinski definition) is 2. The van der Waals surface area contributed by atoms with Crippen LogP contribution in [-0.2, 0) is 0 Å². The fourth-order valence-electron chi connectivity index (χ4n) is 2.92. The summed E-state index contributed by atoms with van der Waals surface area (Å²) in [5.41, 5.74) is 0.366. The Bertz CT molecular complexity index is 925. The maximum Gasteiger partial charge on any atom is 0.336 e. The Labute approximate surface area is 121 Å². The molecule has 4 rings (SSSR count). The van der Waals surface area contributed by atoms with Gasteiger partial charge in [-0.15, -0.1) is 0 Å². The predicted octanol–water partition coefficient (Wildman–Crippen LogP) is 3.89. The van der Waals surface area contributed by atoms with Crippen LogP contribution in [0.1, 0.15) is 10.4 Å². The monoisotopic (exact) mass is 278 g/mol. The molecule has 0 aliphatic heterocycles. The Morgan fingerprint density at radius 3 is 1.90 bits per heavy atom. The number of benzene rings is 4. The molecule has 104 valence electrons. The molecule has 0 bridgehead atoms. The van der Waals surface area contributed by atoms with Crippen molar-refractivity contribution in [3.8, 4) is 0 Å². The van der Waals surface area contributed by atoms with Gasteiger partial charge in [0, 0.05) is 7.11 Å². The van der Waals surface area contributed by atoms with Crippen molar-refractivity contribution in [2.45, 2.75) is 0 Å². The normalized spacial score (nSPS) is 10.8. The van der Waals surface area contributed by atoms with Gasteiger partial charge < -0.3 is 10.2 Å². The summed E-state index contributed by atoms with van der Waals surface area (Å²) in [6, 6.07) is 17.8. The van der Waals surface area contributed by atoms with Crippen molar-refractivity contribution in [1.29, 1.82) is 0 Å². The quantitative estimate of drug-likeness (QED) is 0.519. The summed E-state index contributed by atoms with van der Waals surface area (Å²) in [4.78, 5) is 11.3. The molecular weight excluding hydrogens is 264 g/mol. The molecule has 0 unspecified atom stereocenters. The van der Waals surface area contributed by atoms with Crippen molar-refractivity contribution in [2.24, 2.45) is 0 Å². The van der Waals surface area contributed by atoms with Crippen LogP contribution in [0.4, 0.5) is 0 Å². The summed E-state index contributed by atoms with van der Waals surface area (Å²) >= 11 is 0. The molecular formula is C18H14O3. The summed E-state index contributed by atoms with van der Waals surface area (Å²) in [5, 5.41) is 22.7. The molecule has 0 fully saturated rings. The Hall–Kier alpha value is -2.65. The van der Waals surface area contributed by atoms with E-state index in [1.165, 1.54) is 0 Å². The Morgan fingerprint density at radius 2 is 1.29 bits per heavy atom. The molecule has 0 heterocycles. The molecule has 0 radical (unpaired) electrons. The number of rotatable bonds is 1. The average molecular weight is 278 g/mol. The van der Waals surface area contributed by atoms with Crippen LogP contribution in [0.3, 0.4) is 0 Å². The van der Waals surface area contributed by atoms with E-state index in [9.17, 15) is 9.90 Å². The van der Waals surface area contributed by atoms with Crippen LogP contribution in [0.25, 0.3) is 32.3 Å². The molecule has 21 heavy (non-hydrogen) atoms. The second-order valence-electron chi connectivity index (χ2n) is 4.77. The summed E-state index contributed by atoms with van der Waals surface area (Å²) in [6.45, 7) is 0. The smallest absolute Gasteiger partial charge is 0.336 e. The van der Waals surface area contributed by atoms with Gasteiger partial charge in [-0.25, -0.2) is 4.79 Å². The van der Waals surface area contributed by atoms with Crippen molar-refractivity contribution >= 4 is 38.3 Å². The average Bonchev–Trinajstić information content (AvgIpc) is 2.54. The van der Waals surface area contributed by atoms with Crippen LogP contribution in [0, 0.1) is 0 Å². The maximum atomic E-state index is 11.3. The van der Waals surface area contributed by atoms with Crippen molar-refractivity contribution in [1.82, 2.24) is 0 Å². The van der Waals surface area contributed by atoms with Crippen LogP contribution >= 0.6 is 0 Å². The van der Waals surface area contributed by atoms with E-state index in [-0.39, 0.29) is 0 Å². The number of aliphatic hydroxyl groups is 1. The molecule has 2 N–H and O–H groups in total. The SMILES string of the molecule is CO.O=C(O)c1ccc2ccc3cccc4ccc1c2c34. The third kappa shape index (κ3) is 1.90. The highest BCUT2D eigenvalue weighted by Gasteiger charge is 2.13. The Kier molecular flexibility index (Phi) is 3.20. The zero-order valence-electron chi connectivity index (χ0n) is 11.5. The molecule has 3 nitrogen and oxygen atoms in total. The van der Waals surface area contributed by atoms with Crippen molar-refractivity contribution in [3.05, 3.63) is 60.2 Å². The molecule has 0 amide bonds. The van der Waals surface area contributed by atoms with Crippen molar-refractivity contribution in [2.75, 3.05) is 7.11 Å². The number of hydrogen-bond donors (Lipinski definition) is 2. The molecule has 0 saturated heterocycles. The largest absolute Gasteiger partial charge is 0.478 e. The van der Waals surface area contributed by atoms with Gasteiger partial charge in [0.05, 0.1) is 5.56 Å². The van der Waals surface area contributed by atoms with Gasteiger partial charge in [-0.1, -0.05) is 48.5 Å². The predicted molar refractivity (Wildman–Crippen MR) is 85.2 cm³/mol. The summed E-state index contributed by atoms with van der Waals surface area (Å²) in [5.74, 6) is -0.877. The van der Waals surface area contributed by atoms with Gasteiger partial charge >= 0.3 is 5.97 Å². The fraction of sp³-hybridized carbons (Fsp3) is 0.0556. The lowest BCUT2D eigenvalue weighted by molar-refractivity contribution is 0.0699. The first-order valence-electron chi connectivity index (χ1n) is 6.60. The first-order valence-corrected chi connectivity index (χ1v) is 6.60. The lowest BCUT2D eigenvalue weighted by Gasteiger charge is -2.11. The standard InChI is InChI=1S/C17H10O2.CH4O/c18-17(19)14-9-7-12-5-4-10-2-1-3-11-6-8-13(14)16(12)15(10)11;1-2/h1-9H,(H,18,19);2H,1H3. The van der Waals surface area contributed by atoms with Gasteiger partial charge in [0.15, 0.2) is 0 Å². The minimum Gasteiger partial charge on any atom is -0.478 e. The third-order valence-corrected chi connectivity index (χ3v) is 3.76. The van der Waals surface area contributed by atoms with Gasteiger partial charge in [-0.2, -0.15) is 0 Å². The van der Waals surface area contributed by atoms with E-state index in [0.29, 0.717) is 5.56 Å². The van der Waals surface area contributed by atoms with E-state index in [4.69, 9.17) is 5.11 Å². The van der Waals surface area contributed by atoms with Gasteiger partial charge in [-0.3, -0.25) is 0 Å². The van der Waals surface area contributed by atoms with Gasteiger partial charge in [0.2, 0.25) is 0 Å². The maximum absolute atomic E-state index is 11.3. The summed E-state index contributed by atoms with van der Waals surface area (Å²) in [7, 11) is 1.00. The van der Waals surface area contributed by atoms with Crippen LogP contribution in [0.2, 0.25) is 0 Å². The minimum absolute atomic E-state index is 0.366.